The minimum Gasteiger partial charge on any atom is -0.460 e. The number of carbonyl (C=O) groups is 2. The van der Waals surface area contributed by atoms with Crippen LogP contribution in [0.5, 0.6) is 0 Å². The van der Waals surface area contributed by atoms with Gasteiger partial charge in [0.2, 0.25) is 5.91 Å². The maximum atomic E-state index is 12.7. The molecule has 1 saturated heterocycles. The van der Waals surface area contributed by atoms with Crippen LogP contribution in [-0.2, 0) is 19.1 Å². The number of nitrogens with one attached hydrogen (secondary N) is 1. The first-order valence-corrected chi connectivity index (χ1v) is 8.50. The predicted molar refractivity (Wildman–Crippen MR) is 91.2 cm³/mol. The Labute approximate surface area is 150 Å². The van der Waals surface area contributed by atoms with Crippen molar-refractivity contribution >= 4 is 17.6 Å². The number of ether oxygens (including phenoxy) is 2. The van der Waals surface area contributed by atoms with E-state index in [1.54, 1.807) is 25.1 Å². The van der Waals surface area contributed by atoms with Crippen LogP contribution in [0.1, 0.15) is 37.7 Å². The summed E-state index contributed by atoms with van der Waals surface area (Å²) in [6.45, 7) is 2.38. The molecule has 3 rings (SSSR count). The Hall–Kier alpha value is -2.74. The molecular weight excluding hydrogens is 340 g/mol. The predicted octanol–water partition coefficient (Wildman–Crippen LogP) is 2.19. The Morgan fingerprint density at radius 1 is 1.42 bits per heavy atom. The van der Waals surface area contributed by atoms with Gasteiger partial charge in [0.05, 0.1) is 16.6 Å². The molecule has 1 fully saturated rings. The normalized spacial score (nSPS) is 22.9. The number of allylic oxidation sites excluding steroid dienone is 1. The van der Waals surface area contributed by atoms with E-state index in [0.29, 0.717) is 17.9 Å². The van der Waals surface area contributed by atoms with Crippen molar-refractivity contribution in [3.63, 3.8) is 0 Å². The van der Waals surface area contributed by atoms with E-state index in [4.69, 9.17) is 9.47 Å². The average molecular weight is 360 g/mol. The number of para-hydroxylation sites is 1. The van der Waals surface area contributed by atoms with Crippen molar-refractivity contribution in [3.8, 4) is 0 Å². The van der Waals surface area contributed by atoms with Gasteiger partial charge < -0.3 is 14.8 Å². The number of esters is 1. The summed E-state index contributed by atoms with van der Waals surface area (Å²) in [6.07, 6.45) is 1.59. The number of nitro groups is 1. The third-order valence-corrected chi connectivity index (χ3v) is 4.62. The van der Waals surface area contributed by atoms with Crippen molar-refractivity contribution in [2.45, 2.75) is 38.2 Å². The van der Waals surface area contributed by atoms with Gasteiger partial charge in [-0.2, -0.15) is 0 Å². The zero-order valence-corrected chi connectivity index (χ0v) is 14.4. The molecule has 1 aromatic rings. The molecule has 2 aliphatic heterocycles. The number of carbonyl (C=O) groups excluding carboxylic acids is 2. The third-order valence-electron chi connectivity index (χ3n) is 4.62. The highest BCUT2D eigenvalue weighted by Gasteiger charge is 2.36. The quantitative estimate of drug-likeness (QED) is 0.490. The van der Waals surface area contributed by atoms with E-state index >= 15 is 0 Å². The fourth-order valence-electron chi connectivity index (χ4n) is 3.41. The fraction of sp³-hybridized carbons (Fsp3) is 0.444. The van der Waals surface area contributed by atoms with Crippen molar-refractivity contribution < 1.29 is 24.0 Å². The number of nitrogens with zero attached hydrogens (tertiary/aromatic N) is 1. The second-order valence-corrected chi connectivity index (χ2v) is 6.39. The minimum atomic E-state index is -0.720. The van der Waals surface area contributed by atoms with E-state index < -0.39 is 16.8 Å². The van der Waals surface area contributed by atoms with E-state index in [1.807, 2.05) is 0 Å². The average Bonchev–Trinajstić information content (AvgIpc) is 3.12. The smallest absolute Gasteiger partial charge is 0.336 e. The maximum absolute atomic E-state index is 12.7. The van der Waals surface area contributed by atoms with E-state index in [1.165, 1.54) is 6.07 Å². The molecular formula is C18H20N2O6. The van der Waals surface area contributed by atoms with Gasteiger partial charge in [-0.15, -0.1) is 0 Å². The van der Waals surface area contributed by atoms with Gasteiger partial charge in [-0.1, -0.05) is 18.2 Å². The van der Waals surface area contributed by atoms with Gasteiger partial charge in [-0.25, -0.2) is 4.79 Å². The second-order valence-electron chi connectivity index (χ2n) is 6.39. The molecule has 8 nitrogen and oxygen atoms in total. The van der Waals surface area contributed by atoms with E-state index in [0.717, 1.165) is 12.8 Å². The number of benzene rings is 1. The highest BCUT2D eigenvalue weighted by atomic mass is 16.6. The molecule has 8 heteroatoms. The summed E-state index contributed by atoms with van der Waals surface area (Å²) >= 11 is 0. The second kappa shape index (κ2) is 7.65. The van der Waals surface area contributed by atoms with Crippen LogP contribution >= 0.6 is 0 Å². The van der Waals surface area contributed by atoms with Crippen LogP contribution in [0.4, 0.5) is 5.69 Å². The van der Waals surface area contributed by atoms with Crippen LogP contribution in [0.2, 0.25) is 0 Å². The van der Waals surface area contributed by atoms with Crippen molar-refractivity contribution in [1.82, 2.24) is 5.32 Å². The number of hydrogen-bond acceptors (Lipinski definition) is 6. The van der Waals surface area contributed by atoms with Gasteiger partial charge in [0, 0.05) is 36.3 Å². The third kappa shape index (κ3) is 3.75. The van der Waals surface area contributed by atoms with Gasteiger partial charge in [0.1, 0.15) is 6.61 Å². The van der Waals surface area contributed by atoms with Gasteiger partial charge in [0.15, 0.2) is 0 Å². The molecule has 0 spiro atoms. The zero-order valence-electron chi connectivity index (χ0n) is 14.4. The number of nitro benzene ring substituents is 1. The molecule has 2 heterocycles. The molecule has 0 bridgehead atoms. The van der Waals surface area contributed by atoms with Crippen LogP contribution < -0.4 is 5.32 Å². The molecule has 1 aromatic carbocycles. The maximum Gasteiger partial charge on any atom is 0.336 e. The summed E-state index contributed by atoms with van der Waals surface area (Å²) in [5, 5.41) is 14.0. The summed E-state index contributed by atoms with van der Waals surface area (Å²) in [5.41, 5.74) is 0.818. The Balaban J connectivity index is 1.89. The standard InChI is InChI=1S/C18H20N2O6/c1-11-17(18(22)26-10-12-5-4-8-25-12)14(9-16(21)19-11)13-6-2-3-7-15(13)20(23)24/h2-3,6-7,12,14H,4-5,8-10H2,1H3,(H,19,21)/t12-,14-/m0/s1. The Kier molecular flexibility index (Phi) is 5.32. The van der Waals surface area contributed by atoms with Crippen molar-refractivity contribution in [3.05, 3.63) is 51.2 Å². The van der Waals surface area contributed by atoms with Crippen molar-refractivity contribution in [1.29, 1.82) is 0 Å². The molecule has 0 unspecified atom stereocenters. The lowest BCUT2D eigenvalue weighted by atomic mass is 9.83. The highest BCUT2D eigenvalue weighted by Crippen LogP contribution is 2.38. The molecule has 0 aromatic heterocycles. The molecule has 1 N–H and O–H groups in total. The Morgan fingerprint density at radius 2 is 2.19 bits per heavy atom. The highest BCUT2D eigenvalue weighted by molar-refractivity contribution is 5.96. The summed E-state index contributed by atoms with van der Waals surface area (Å²) in [5.74, 6) is -1.59. The van der Waals surface area contributed by atoms with Crippen LogP contribution in [-0.4, -0.2) is 36.1 Å². The molecule has 2 atom stereocenters. The molecule has 0 saturated carbocycles. The van der Waals surface area contributed by atoms with E-state index in [2.05, 4.69) is 5.32 Å². The number of amides is 1. The van der Waals surface area contributed by atoms with E-state index in [-0.39, 0.29) is 36.3 Å². The number of rotatable bonds is 5. The van der Waals surface area contributed by atoms with Gasteiger partial charge in [0.25, 0.3) is 5.69 Å². The topological polar surface area (TPSA) is 108 Å². The first-order chi connectivity index (χ1) is 12.5. The first kappa shape index (κ1) is 18.1. The summed E-state index contributed by atoms with van der Waals surface area (Å²) in [4.78, 5) is 35.5. The Bertz CT molecular complexity index is 767. The zero-order chi connectivity index (χ0) is 18.7. The van der Waals surface area contributed by atoms with E-state index in [9.17, 15) is 19.7 Å². The fourth-order valence-corrected chi connectivity index (χ4v) is 3.41. The van der Waals surface area contributed by atoms with Gasteiger partial charge in [-0.05, 0) is 19.8 Å². The first-order valence-electron chi connectivity index (χ1n) is 8.50. The lowest BCUT2D eigenvalue weighted by Crippen LogP contribution is -2.35. The van der Waals surface area contributed by atoms with Crippen LogP contribution in [0.15, 0.2) is 35.5 Å². The van der Waals surface area contributed by atoms with Gasteiger partial charge >= 0.3 is 5.97 Å². The van der Waals surface area contributed by atoms with Crippen LogP contribution in [0, 0.1) is 10.1 Å². The van der Waals surface area contributed by atoms with Gasteiger partial charge in [-0.3, -0.25) is 14.9 Å². The van der Waals surface area contributed by atoms with Crippen LogP contribution in [0.25, 0.3) is 0 Å². The summed E-state index contributed by atoms with van der Waals surface area (Å²) in [7, 11) is 0. The summed E-state index contributed by atoms with van der Waals surface area (Å²) < 4.78 is 10.8. The minimum absolute atomic E-state index is 0.0491. The monoisotopic (exact) mass is 360 g/mol. The molecule has 1 amide bonds. The molecule has 0 radical (unpaired) electrons. The molecule has 26 heavy (non-hydrogen) atoms. The summed E-state index contributed by atoms with van der Waals surface area (Å²) in [6, 6.07) is 6.14. The van der Waals surface area contributed by atoms with Crippen molar-refractivity contribution in [2.24, 2.45) is 0 Å². The molecule has 2 aliphatic rings. The lowest BCUT2D eigenvalue weighted by molar-refractivity contribution is -0.385. The SMILES string of the molecule is CC1=C(C(=O)OC[C@@H]2CCCO2)[C@H](c2ccccc2[N+](=O)[O-])CC(=O)N1. The molecule has 138 valence electrons. The van der Waals surface area contributed by atoms with Crippen LogP contribution in [0.3, 0.4) is 0 Å². The lowest BCUT2D eigenvalue weighted by Gasteiger charge is -2.26. The molecule has 0 aliphatic carbocycles. The largest absolute Gasteiger partial charge is 0.460 e. The van der Waals surface area contributed by atoms with Crippen molar-refractivity contribution in [2.75, 3.05) is 13.2 Å². The Morgan fingerprint density at radius 3 is 2.88 bits per heavy atom. The number of hydrogen-bond donors (Lipinski definition) is 1.